The van der Waals surface area contributed by atoms with Crippen LogP contribution in [0.1, 0.15) is 75.3 Å². The highest BCUT2D eigenvalue weighted by atomic mass is 14.9. The predicted octanol–water partition coefficient (Wildman–Crippen LogP) is 6.94. The molecule has 4 atom stereocenters. The molecule has 0 radical (unpaired) electrons. The Morgan fingerprint density at radius 3 is 2.00 bits per heavy atom. The molecule has 1 heteroatoms. The lowest BCUT2D eigenvalue weighted by atomic mass is 9.45. The molecule has 0 saturated heterocycles. The van der Waals surface area contributed by atoms with E-state index < -0.39 is 0 Å². The summed E-state index contributed by atoms with van der Waals surface area (Å²) in [4.78, 5) is 5.50. The highest BCUT2D eigenvalue weighted by Crippen LogP contribution is 2.62. The second kappa shape index (κ2) is 6.31. The van der Waals surface area contributed by atoms with E-state index in [1.54, 1.807) is 0 Å². The van der Waals surface area contributed by atoms with Crippen LogP contribution in [0.5, 0.6) is 0 Å². The van der Waals surface area contributed by atoms with Crippen LogP contribution in [0.2, 0.25) is 0 Å². The van der Waals surface area contributed by atoms with E-state index in [4.69, 9.17) is 4.99 Å². The lowest BCUT2D eigenvalue weighted by Crippen LogP contribution is -2.56. The monoisotopic (exact) mass is 373 g/mol. The molecule has 1 heterocycles. The zero-order chi connectivity index (χ0) is 20.4. The Hall–Kier alpha value is -1.89. The lowest BCUT2D eigenvalue weighted by molar-refractivity contribution is -0.0691. The number of fused-ring (bicyclic) bond motifs is 3. The zero-order valence-corrected chi connectivity index (χ0v) is 18.8. The number of benzene rings is 2. The van der Waals surface area contributed by atoms with Gasteiger partial charge in [-0.2, -0.15) is 0 Å². The maximum atomic E-state index is 5.50. The summed E-state index contributed by atoms with van der Waals surface area (Å²) in [5.41, 5.74) is 8.54. The molecule has 4 unspecified atom stereocenters. The van der Waals surface area contributed by atoms with E-state index >= 15 is 0 Å². The van der Waals surface area contributed by atoms with E-state index in [0.29, 0.717) is 23.8 Å². The van der Waals surface area contributed by atoms with Crippen LogP contribution in [-0.2, 0) is 0 Å². The van der Waals surface area contributed by atoms with Gasteiger partial charge in [0.15, 0.2) is 0 Å². The van der Waals surface area contributed by atoms with Gasteiger partial charge >= 0.3 is 0 Å². The zero-order valence-electron chi connectivity index (χ0n) is 18.8. The van der Waals surface area contributed by atoms with Gasteiger partial charge in [-0.25, -0.2) is 0 Å². The van der Waals surface area contributed by atoms with E-state index in [2.05, 4.69) is 97.9 Å². The van der Waals surface area contributed by atoms with Gasteiger partial charge in [-0.3, -0.25) is 4.99 Å². The molecule has 148 valence electrons. The van der Waals surface area contributed by atoms with Gasteiger partial charge in [0.05, 0.1) is 11.8 Å². The number of hydrogen-bond donors (Lipinski definition) is 0. The van der Waals surface area contributed by atoms with Crippen LogP contribution in [-0.4, -0.2) is 11.8 Å². The highest BCUT2D eigenvalue weighted by Gasteiger charge is 2.57. The third-order valence-corrected chi connectivity index (χ3v) is 8.96. The Labute approximate surface area is 171 Å². The SMILES string of the molecule is Cc1cc2c(cc1C)C1C(N=C2c2ccccc2)C(C)C(C)(C)C(C)(C)C1C. The Morgan fingerprint density at radius 1 is 0.786 bits per heavy atom. The number of nitrogens with zero attached hydrogens (tertiary/aromatic N) is 1. The molecule has 1 saturated carbocycles. The Balaban J connectivity index is 1.99. The molecular formula is C27H35N. The molecule has 0 spiro atoms. The molecule has 1 aliphatic carbocycles. The van der Waals surface area contributed by atoms with Gasteiger partial charge in [-0.15, -0.1) is 0 Å². The van der Waals surface area contributed by atoms with Gasteiger partial charge in [-0.1, -0.05) is 77.9 Å². The molecule has 0 amide bonds. The standard InChI is InChI=1S/C27H35N/c1-16-14-21-22(15-17(16)2)25(20-12-10-9-11-13-20)28-24-19(4)27(7,8)26(5,6)18(3)23(21)24/h9-15,18-19,23-24H,1-8H3. The van der Waals surface area contributed by atoms with Crippen molar-refractivity contribution in [3.63, 3.8) is 0 Å². The van der Waals surface area contributed by atoms with E-state index in [1.807, 2.05) is 0 Å². The van der Waals surface area contributed by atoms with Crippen molar-refractivity contribution in [3.05, 3.63) is 70.3 Å². The first-order valence-electron chi connectivity index (χ1n) is 10.8. The largest absolute Gasteiger partial charge is 0.280 e. The third kappa shape index (κ3) is 2.55. The first-order valence-corrected chi connectivity index (χ1v) is 10.8. The van der Waals surface area contributed by atoms with E-state index in [-0.39, 0.29) is 10.8 Å². The fraction of sp³-hybridized carbons (Fsp3) is 0.519. The molecule has 1 aliphatic heterocycles. The molecule has 1 fully saturated rings. The summed E-state index contributed by atoms with van der Waals surface area (Å²) in [6.45, 7) is 19.2. The molecular weight excluding hydrogens is 338 g/mol. The Bertz CT molecular complexity index is 932. The highest BCUT2D eigenvalue weighted by molar-refractivity contribution is 6.14. The smallest absolute Gasteiger partial charge is 0.0725 e. The minimum atomic E-state index is 0.232. The van der Waals surface area contributed by atoms with Crippen molar-refractivity contribution in [3.8, 4) is 0 Å². The first-order chi connectivity index (χ1) is 13.1. The molecule has 2 aromatic carbocycles. The lowest BCUT2D eigenvalue weighted by Gasteiger charge is -2.60. The number of hydrogen-bond acceptors (Lipinski definition) is 1. The molecule has 2 aromatic rings. The minimum absolute atomic E-state index is 0.232. The summed E-state index contributed by atoms with van der Waals surface area (Å²) in [6.07, 6.45) is 0. The van der Waals surface area contributed by atoms with Gasteiger partial charge in [0.1, 0.15) is 0 Å². The predicted molar refractivity (Wildman–Crippen MR) is 120 cm³/mol. The van der Waals surface area contributed by atoms with Crippen molar-refractivity contribution in [1.29, 1.82) is 0 Å². The fourth-order valence-electron chi connectivity index (χ4n) is 5.67. The number of aliphatic imine (C=N–C) groups is 1. The summed E-state index contributed by atoms with van der Waals surface area (Å²) in [7, 11) is 0. The first kappa shape index (κ1) is 19.4. The Kier molecular flexibility index (Phi) is 4.38. The fourth-order valence-corrected chi connectivity index (χ4v) is 5.67. The van der Waals surface area contributed by atoms with Crippen molar-refractivity contribution >= 4 is 5.71 Å². The van der Waals surface area contributed by atoms with Crippen LogP contribution >= 0.6 is 0 Å². The van der Waals surface area contributed by atoms with Crippen LogP contribution < -0.4 is 0 Å². The van der Waals surface area contributed by atoms with E-state index in [9.17, 15) is 0 Å². The molecule has 0 N–H and O–H groups in total. The topological polar surface area (TPSA) is 12.4 Å². The summed E-state index contributed by atoms with van der Waals surface area (Å²) in [5.74, 6) is 1.59. The number of rotatable bonds is 1. The maximum Gasteiger partial charge on any atom is 0.0725 e. The quantitative estimate of drug-likeness (QED) is 0.513. The van der Waals surface area contributed by atoms with Crippen LogP contribution in [0.25, 0.3) is 0 Å². The van der Waals surface area contributed by atoms with Gasteiger partial charge in [0.2, 0.25) is 0 Å². The average molecular weight is 374 g/mol. The molecule has 1 nitrogen and oxygen atoms in total. The summed E-state index contributed by atoms with van der Waals surface area (Å²) in [6, 6.07) is 16.0. The van der Waals surface area contributed by atoms with Crippen molar-refractivity contribution in [2.75, 3.05) is 0 Å². The van der Waals surface area contributed by atoms with Gasteiger partial charge in [0.25, 0.3) is 0 Å². The molecule has 2 aliphatic rings. The summed E-state index contributed by atoms with van der Waals surface area (Å²) >= 11 is 0. The van der Waals surface area contributed by atoms with Crippen molar-refractivity contribution in [2.24, 2.45) is 27.7 Å². The van der Waals surface area contributed by atoms with Crippen LogP contribution in [0.15, 0.2) is 47.5 Å². The van der Waals surface area contributed by atoms with Crippen molar-refractivity contribution in [1.82, 2.24) is 0 Å². The van der Waals surface area contributed by atoms with Crippen LogP contribution in [0.3, 0.4) is 0 Å². The molecule has 0 bridgehead atoms. The second-order valence-electron chi connectivity index (χ2n) is 10.4. The number of aryl methyl sites for hydroxylation is 2. The van der Waals surface area contributed by atoms with Gasteiger partial charge < -0.3 is 0 Å². The summed E-state index contributed by atoms with van der Waals surface area (Å²) in [5, 5.41) is 0. The Morgan fingerprint density at radius 2 is 1.36 bits per heavy atom. The average Bonchev–Trinajstić information content (AvgIpc) is 2.66. The van der Waals surface area contributed by atoms with Gasteiger partial charge in [-0.05, 0) is 59.3 Å². The van der Waals surface area contributed by atoms with E-state index in [1.165, 1.54) is 33.5 Å². The van der Waals surface area contributed by atoms with Crippen molar-refractivity contribution < 1.29 is 0 Å². The van der Waals surface area contributed by atoms with Crippen LogP contribution in [0.4, 0.5) is 0 Å². The van der Waals surface area contributed by atoms with Gasteiger partial charge in [0, 0.05) is 17.0 Å². The normalized spacial score (nSPS) is 30.2. The maximum absolute atomic E-state index is 5.50. The molecule has 0 aromatic heterocycles. The molecule has 4 rings (SSSR count). The second-order valence-corrected chi connectivity index (χ2v) is 10.4. The molecule has 28 heavy (non-hydrogen) atoms. The minimum Gasteiger partial charge on any atom is -0.280 e. The van der Waals surface area contributed by atoms with E-state index in [0.717, 1.165) is 0 Å². The summed E-state index contributed by atoms with van der Waals surface area (Å²) < 4.78 is 0. The van der Waals surface area contributed by atoms with Crippen molar-refractivity contribution in [2.45, 2.75) is 67.3 Å². The van der Waals surface area contributed by atoms with Crippen LogP contribution in [0, 0.1) is 36.5 Å². The third-order valence-electron chi connectivity index (χ3n) is 8.96.